The lowest BCUT2D eigenvalue weighted by Gasteiger charge is -2.26. The molecule has 1 saturated heterocycles. The smallest absolute Gasteiger partial charge is 0.334 e. The van der Waals surface area contributed by atoms with Crippen LogP contribution in [-0.2, 0) is 9.53 Å². The summed E-state index contributed by atoms with van der Waals surface area (Å²) in [7, 11) is 0. The summed E-state index contributed by atoms with van der Waals surface area (Å²) in [4.78, 5) is 11.6. The Morgan fingerprint density at radius 1 is 1.44 bits per heavy atom. The number of esters is 1. The monoisotopic (exact) mass is 218 g/mol. The zero-order valence-corrected chi connectivity index (χ0v) is 9.74. The van der Waals surface area contributed by atoms with Crippen LogP contribution in [0.3, 0.4) is 0 Å². The second-order valence-electron chi connectivity index (χ2n) is 5.40. The van der Waals surface area contributed by atoms with E-state index in [0.717, 1.165) is 6.42 Å². The van der Waals surface area contributed by atoms with Crippen molar-refractivity contribution in [1.29, 1.82) is 0 Å². The highest BCUT2D eigenvalue weighted by Gasteiger charge is 2.48. The number of carbonyl (C=O) groups is 1. The second-order valence-corrected chi connectivity index (χ2v) is 5.40. The first-order chi connectivity index (χ1) is 7.68. The van der Waals surface area contributed by atoms with Crippen molar-refractivity contribution in [3.63, 3.8) is 0 Å². The predicted octanol–water partition coefficient (Wildman–Crippen LogP) is 2.85. The summed E-state index contributed by atoms with van der Waals surface area (Å²) >= 11 is 0. The molecule has 2 heteroatoms. The fraction of sp³-hybridized carbons (Fsp3) is 0.643. The van der Waals surface area contributed by atoms with E-state index in [0.29, 0.717) is 17.4 Å². The lowest BCUT2D eigenvalue weighted by Crippen LogP contribution is -2.28. The van der Waals surface area contributed by atoms with Gasteiger partial charge in [-0.3, -0.25) is 0 Å². The molecule has 2 nitrogen and oxygen atoms in total. The van der Waals surface area contributed by atoms with Crippen LogP contribution in [0.4, 0.5) is 0 Å². The van der Waals surface area contributed by atoms with Crippen LogP contribution in [0.15, 0.2) is 23.8 Å². The highest BCUT2D eigenvalue weighted by atomic mass is 16.6. The number of ether oxygens (including phenoxy) is 1. The van der Waals surface area contributed by atoms with Crippen molar-refractivity contribution in [2.75, 3.05) is 0 Å². The number of hydrogen-bond donors (Lipinski definition) is 0. The van der Waals surface area contributed by atoms with E-state index in [4.69, 9.17) is 4.74 Å². The number of rotatable bonds is 0. The topological polar surface area (TPSA) is 26.3 Å². The number of fused-ring (bicyclic) bond motifs is 3. The molecule has 0 aromatic heterocycles. The SMILES string of the molecule is C=C1C(=O)OC2C1CCCC1CC=C(C)C12. The van der Waals surface area contributed by atoms with Gasteiger partial charge in [0, 0.05) is 17.4 Å². The van der Waals surface area contributed by atoms with Crippen LogP contribution >= 0.6 is 0 Å². The Morgan fingerprint density at radius 2 is 2.25 bits per heavy atom. The highest BCUT2D eigenvalue weighted by Crippen LogP contribution is 2.48. The van der Waals surface area contributed by atoms with Gasteiger partial charge < -0.3 is 4.74 Å². The fourth-order valence-electron chi connectivity index (χ4n) is 3.71. The molecule has 0 radical (unpaired) electrons. The molecule has 4 unspecified atom stereocenters. The molecule has 16 heavy (non-hydrogen) atoms. The standard InChI is InChI=1S/C14H18O2/c1-8-6-7-10-4-3-5-11-9(2)14(15)16-13(11)12(8)10/h6,10-13H,2-5,7H2,1H3. The van der Waals surface area contributed by atoms with Gasteiger partial charge in [0.1, 0.15) is 6.10 Å². The third-order valence-corrected chi connectivity index (χ3v) is 4.57. The summed E-state index contributed by atoms with van der Waals surface area (Å²) in [6.07, 6.45) is 7.15. The van der Waals surface area contributed by atoms with Crippen LogP contribution in [0, 0.1) is 17.8 Å². The van der Waals surface area contributed by atoms with Crippen LogP contribution in [-0.4, -0.2) is 12.1 Å². The Morgan fingerprint density at radius 3 is 3.06 bits per heavy atom. The minimum Gasteiger partial charge on any atom is -0.458 e. The molecule has 3 rings (SSSR count). The van der Waals surface area contributed by atoms with E-state index in [9.17, 15) is 4.79 Å². The van der Waals surface area contributed by atoms with Gasteiger partial charge in [-0.2, -0.15) is 0 Å². The van der Waals surface area contributed by atoms with Crippen molar-refractivity contribution in [3.8, 4) is 0 Å². The first-order valence-corrected chi connectivity index (χ1v) is 6.25. The Hall–Kier alpha value is -1.05. The van der Waals surface area contributed by atoms with Crippen molar-refractivity contribution in [2.45, 2.75) is 38.7 Å². The van der Waals surface area contributed by atoms with Gasteiger partial charge in [-0.25, -0.2) is 4.79 Å². The molecule has 1 saturated carbocycles. The molecule has 2 fully saturated rings. The lowest BCUT2D eigenvalue weighted by atomic mass is 9.81. The van der Waals surface area contributed by atoms with Gasteiger partial charge in [-0.15, -0.1) is 0 Å². The summed E-state index contributed by atoms with van der Waals surface area (Å²) in [5.74, 6) is 1.30. The molecule has 0 N–H and O–H groups in total. The van der Waals surface area contributed by atoms with Crippen molar-refractivity contribution < 1.29 is 9.53 Å². The van der Waals surface area contributed by atoms with E-state index in [2.05, 4.69) is 19.6 Å². The van der Waals surface area contributed by atoms with Crippen LogP contribution < -0.4 is 0 Å². The average Bonchev–Trinajstić information content (AvgIpc) is 2.67. The Kier molecular flexibility index (Phi) is 2.20. The van der Waals surface area contributed by atoms with Gasteiger partial charge in [-0.05, 0) is 32.1 Å². The van der Waals surface area contributed by atoms with Crippen LogP contribution in [0.25, 0.3) is 0 Å². The van der Waals surface area contributed by atoms with Gasteiger partial charge >= 0.3 is 5.97 Å². The molecule has 0 aromatic carbocycles. The van der Waals surface area contributed by atoms with E-state index < -0.39 is 0 Å². The van der Waals surface area contributed by atoms with E-state index in [1.165, 1.54) is 24.8 Å². The molecule has 86 valence electrons. The van der Waals surface area contributed by atoms with E-state index in [1.54, 1.807) is 0 Å². The summed E-state index contributed by atoms with van der Waals surface area (Å²) < 4.78 is 5.56. The summed E-state index contributed by atoms with van der Waals surface area (Å²) in [6, 6.07) is 0. The first-order valence-electron chi connectivity index (χ1n) is 6.25. The fourth-order valence-corrected chi connectivity index (χ4v) is 3.71. The molecule has 0 bridgehead atoms. The highest BCUT2D eigenvalue weighted by molar-refractivity contribution is 5.90. The molecule has 1 aliphatic heterocycles. The maximum Gasteiger partial charge on any atom is 0.334 e. The maximum atomic E-state index is 11.6. The number of carbonyl (C=O) groups excluding carboxylic acids is 1. The molecule has 1 heterocycles. The third-order valence-electron chi connectivity index (χ3n) is 4.57. The van der Waals surface area contributed by atoms with Crippen molar-refractivity contribution in [1.82, 2.24) is 0 Å². The van der Waals surface area contributed by atoms with Crippen molar-refractivity contribution >= 4 is 5.97 Å². The second kappa shape index (κ2) is 3.47. The van der Waals surface area contributed by atoms with Gasteiger partial charge in [0.05, 0.1) is 0 Å². The van der Waals surface area contributed by atoms with Crippen LogP contribution in [0.5, 0.6) is 0 Å². The first kappa shape index (κ1) is 10.1. The Bertz CT molecular complexity index is 380. The summed E-state index contributed by atoms with van der Waals surface area (Å²) in [5, 5.41) is 0. The molecular weight excluding hydrogens is 200 g/mol. The Balaban J connectivity index is 1.95. The molecule has 0 amide bonds. The van der Waals surface area contributed by atoms with Gasteiger partial charge in [0.2, 0.25) is 0 Å². The zero-order chi connectivity index (χ0) is 11.3. The molecular formula is C14H18O2. The largest absolute Gasteiger partial charge is 0.458 e. The quantitative estimate of drug-likeness (QED) is 0.355. The Labute approximate surface area is 96.4 Å². The van der Waals surface area contributed by atoms with E-state index in [-0.39, 0.29) is 18.0 Å². The summed E-state index contributed by atoms with van der Waals surface area (Å²) in [6.45, 7) is 6.09. The molecule has 0 aromatic rings. The van der Waals surface area contributed by atoms with Gasteiger partial charge in [0.25, 0.3) is 0 Å². The average molecular weight is 218 g/mol. The maximum absolute atomic E-state index is 11.6. The van der Waals surface area contributed by atoms with Crippen molar-refractivity contribution in [2.24, 2.45) is 17.8 Å². The molecule has 0 spiro atoms. The summed E-state index contributed by atoms with van der Waals surface area (Å²) in [5.41, 5.74) is 2.13. The third kappa shape index (κ3) is 1.28. The number of hydrogen-bond acceptors (Lipinski definition) is 2. The zero-order valence-electron chi connectivity index (χ0n) is 9.74. The molecule has 4 atom stereocenters. The molecule has 2 aliphatic carbocycles. The van der Waals surface area contributed by atoms with E-state index >= 15 is 0 Å². The van der Waals surface area contributed by atoms with Crippen LogP contribution in [0.2, 0.25) is 0 Å². The lowest BCUT2D eigenvalue weighted by molar-refractivity contribution is -0.141. The number of allylic oxidation sites excluding steroid dienone is 1. The minimum absolute atomic E-state index is 0.0891. The van der Waals surface area contributed by atoms with Gasteiger partial charge in [0.15, 0.2) is 0 Å². The predicted molar refractivity (Wildman–Crippen MR) is 61.7 cm³/mol. The van der Waals surface area contributed by atoms with E-state index in [1.807, 2.05) is 0 Å². The van der Waals surface area contributed by atoms with Crippen molar-refractivity contribution in [3.05, 3.63) is 23.8 Å². The normalized spacial score (nSPS) is 42.2. The van der Waals surface area contributed by atoms with Crippen LogP contribution in [0.1, 0.15) is 32.6 Å². The molecule has 3 aliphatic rings. The van der Waals surface area contributed by atoms with Gasteiger partial charge in [-0.1, -0.05) is 24.6 Å². The minimum atomic E-state index is -0.157.